The van der Waals surface area contributed by atoms with Gasteiger partial charge in [0.2, 0.25) is 0 Å². The molecule has 2 aromatic rings. The summed E-state index contributed by atoms with van der Waals surface area (Å²) >= 11 is 0. The molecule has 0 fully saturated rings. The van der Waals surface area contributed by atoms with Gasteiger partial charge in [-0.2, -0.15) is 0 Å². The minimum atomic E-state index is -0.803. The van der Waals surface area contributed by atoms with Crippen LogP contribution in [-0.2, 0) is 31.7 Å². The fourth-order valence-corrected chi connectivity index (χ4v) is 2.73. The molecule has 0 saturated heterocycles. The largest absolute Gasteiger partial charge is 0.508 e. The van der Waals surface area contributed by atoms with Gasteiger partial charge in [-0.05, 0) is 75.7 Å². The van der Waals surface area contributed by atoms with Gasteiger partial charge in [-0.3, -0.25) is 9.59 Å². The molecular weight excluding hydrogens is 443 g/mol. The number of phenolic OH excluding ortho intramolecular Hbond substituents is 1. The second-order valence-corrected chi connectivity index (χ2v) is 8.62. The minimum absolute atomic E-state index is 0.130. The lowest BCUT2D eigenvalue weighted by molar-refractivity contribution is -0.137. The van der Waals surface area contributed by atoms with Gasteiger partial charge in [-0.25, -0.2) is 0 Å². The van der Waals surface area contributed by atoms with Crippen molar-refractivity contribution in [3.8, 4) is 11.5 Å². The predicted octanol–water partition coefficient (Wildman–Crippen LogP) is 5.24. The van der Waals surface area contributed by atoms with Crippen LogP contribution in [0.25, 0.3) is 0 Å². The lowest BCUT2D eigenvalue weighted by Gasteiger charge is -2.21. The lowest BCUT2D eigenvalue weighted by atomic mass is 10.1. The van der Waals surface area contributed by atoms with Gasteiger partial charge in [-0.1, -0.05) is 24.3 Å². The summed E-state index contributed by atoms with van der Waals surface area (Å²) in [5, 5.41) is 17.3. The Morgan fingerprint density at radius 2 is 1.33 bits per heavy atom. The summed E-state index contributed by atoms with van der Waals surface area (Å²) < 4.78 is 14.9. The molecule has 0 aliphatic rings. The minimum Gasteiger partial charge on any atom is -0.508 e. The third-order valence-electron chi connectivity index (χ3n) is 3.74. The van der Waals surface area contributed by atoms with E-state index in [9.17, 15) is 9.59 Å². The van der Waals surface area contributed by atoms with Crippen LogP contribution in [0.4, 0.5) is 0 Å². The summed E-state index contributed by atoms with van der Waals surface area (Å²) in [6.45, 7) is 7.89. The van der Waals surface area contributed by atoms with E-state index in [1.54, 1.807) is 38.5 Å². The van der Waals surface area contributed by atoms with Gasteiger partial charge < -0.3 is 24.2 Å². The zero-order valence-electron chi connectivity index (χ0n) is 20.4. The quantitative estimate of drug-likeness (QED) is 0.499. The van der Waals surface area contributed by atoms with E-state index >= 15 is 0 Å². The Morgan fingerprint density at radius 3 is 1.76 bits per heavy atom. The van der Waals surface area contributed by atoms with E-state index in [-0.39, 0.29) is 32.5 Å². The van der Waals surface area contributed by atoms with E-state index in [1.165, 1.54) is 0 Å². The summed E-state index contributed by atoms with van der Waals surface area (Å²) in [4.78, 5) is 21.4. The van der Waals surface area contributed by atoms with Gasteiger partial charge in [0.1, 0.15) is 17.1 Å². The van der Waals surface area contributed by atoms with Crippen LogP contribution in [0.1, 0.15) is 44.7 Å². The molecule has 2 aromatic carbocycles. The molecule has 1 unspecified atom stereocenters. The molecule has 0 aromatic heterocycles. The van der Waals surface area contributed by atoms with Crippen molar-refractivity contribution in [2.45, 2.75) is 52.1 Å². The maximum atomic E-state index is 11.2. The number of aliphatic carboxylic acids is 1. The number of carbonyl (C=O) groups is 2. The van der Waals surface area contributed by atoms with Crippen LogP contribution < -0.4 is 4.74 Å². The number of carbonyl (C=O) groups excluding carboxylic acids is 1. The summed E-state index contributed by atoms with van der Waals surface area (Å²) in [5.41, 5.74) is 1.86. The third-order valence-corrected chi connectivity index (χ3v) is 4.18. The second-order valence-electron chi connectivity index (χ2n) is 8.01. The number of carboxylic acid groups (broad SMARTS) is 1. The molecule has 33 heavy (non-hydrogen) atoms. The highest BCUT2D eigenvalue weighted by Gasteiger charge is 2.11. The molecule has 0 aliphatic heterocycles. The number of ether oxygens (including phenoxy) is 2. The van der Waals surface area contributed by atoms with Crippen molar-refractivity contribution in [3.63, 3.8) is 0 Å². The first kappa shape index (κ1) is 30.4. The molecule has 0 radical (unpaired) electrons. The maximum Gasteiger partial charge on any atom is 0.308 e. The smallest absolute Gasteiger partial charge is 0.308 e. The van der Waals surface area contributed by atoms with Crippen molar-refractivity contribution in [1.29, 1.82) is 0 Å². The van der Waals surface area contributed by atoms with Crippen molar-refractivity contribution in [1.82, 2.24) is 0 Å². The summed E-state index contributed by atoms with van der Waals surface area (Å²) in [5.74, 6) is 0.117. The number of aryl methyl sites for hydroxylation is 2. The van der Waals surface area contributed by atoms with Gasteiger partial charge in [0, 0.05) is 27.1 Å². The maximum absolute atomic E-state index is 11.2. The molecule has 7 nitrogen and oxygen atoms in total. The Labute approximate surface area is 198 Å². The number of benzene rings is 2. The van der Waals surface area contributed by atoms with Gasteiger partial charge in [-0.15, -0.1) is 0 Å². The molecule has 1 atom stereocenters. The molecule has 0 saturated carbocycles. The molecular formula is C25H37O7P. The zero-order valence-corrected chi connectivity index (χ0v) is 21.4. The first-order valence-electron chi connectivity index (χ1n) is 10.5. The first-order chi connectivity index (χ1) is 15.5. The fourth-order valence-electron chi connectivity index (χ4n) is 2.40. The highest BCUT2D eigenvalue weighted by Crippen LogP contribution is 2.19. The van der Waals surface area contributed by atoms with E-state index in [0.717, 1.165) is 16.9 Å². The topological polar surface area (TPSA) is 102 Å². The van der Waals surface area contributed by atoms with Crippen LogP contribution in [0.5, 0.6) is 11.5 Å². The monoisotopic (exact) mass is 480 g/mol. The Bertz CT molecular complexity index is 797. The molecule has 0 amide bonds. The number of hydrogen-bond donors (Lipinski definition) is 2. The van der Waals surface area contributed by atoms with Gasteiger partial charge in [0.15, 0.2) is 0 Å². The Balaban J connectivity index is 0.000000588. The fraction of sp³-hybridized carbons (Fsp3) is 0.440. The SMILES string of the molecule is COC.CPOC(=O)CCc1ccc(OC(C)(C)C)cc1.O=C(O)CCc1ccc(O)cc1. The zero-order chi connectivity index (χ0) is 25.3. The second kappa shape index (κ2) is 16.9. The molecule has 2 rings (SSSR count). The van der Waals surface area contributed by atoms with Crippen LogP contribution in [-0.4, -0.2) is 48.6 Å². The number of aromatic hydroxyl groups is 1. The highest BCUT2D eigenvalue weighted by molar-refractivity contribution is 7.31. The number of methoxy groups -OCH3 is 1. The first-order valence-corrected chi connectivity index (χ1v) is 12.0. The number of rotatable bonds is 8. The third kappa shape index (κ3) is 17.6. The van der Waals surface area contributed by atoms with Gasteiger partial charge in [0.05, 0.1) is 8.81 Å². The number of carboxylic acids is 1. The van der Waals surface area contributed by atoms with Crippen molar-refractivity contribution >= 4 is 20.7 Å². The number of phenols is 1. The van der Waals surface area contributed by atoms with E-state index in [2.05, 4.69) is 4.74 Å². The average Bonchev–Trinajstić information content (AvgIpc) is 2.73. The molecule has 0 spiro atoms. The Kier molecular flexibility index (Phi) is 15.6. The summed E-state index contributed by atoms with van der Waals surface area (Å²) in [6.07, 6.45) is 1.78. The average molecular weight is 481 g/mol. The molecule has 0 heterocycles. The van der Waals surface area contributed by atoms with Crippen LogP contribution in [0.2, 0.25) is 0 Å². The van der Waals surface area contributed by atoms with Crippen molar-refractivity contribution in [3.05, 3.63) is 59.7 Å². The standard InChI is InChI=1S/C14H21O3P.C9H10O3.C2H6O/c1-14(2,3)16-12-8-5-11(6-9-12)7-10-13(15)17-18-4;10-8-4-1-7(2-5-8)3-6-9(11)12;1-3-2/h5-6,8-9,18H,7,10H2,1-4H3;1-2,4-5,10H,3,6H2,(H,11,12);1-2H3. The lowest BCUT2D eigenvalue weighted by Crippen LogP contribution is -2.22. The molecule has 0 aliphatic carbocycles. The summed E-state index contributed by atoms with van der Waals surface area (Å²) in [7, 11) is 3.48. The highest BCUT2D eigenvalue weighted by atomic mass is 31.1. The van der Waals surface area contributed by atoms with Crippen LogP contribution in [0.3, 0.4) is 0 Å². The molecule has 8 heteroatoms. The van der Waals surface area contributed by atoms with Crippen LogP contribution in [0.15, 0.2) is 48.5 Å². The van der Waals surface area contributed by atoms with Crippen LogP contribution >= 0.6 is 8.81 Å². The van der Waals surface area contributed by atoms with E-state index < -0.39 is 5.97 Å². The Morgan fingerprint density at radius 1 is 0.879 bits per heavy atom. The summed E-state index contributed by atoms with van der Waals surface area (Å²) in [6, 6.07) is 14.4. The van der Waals surface area contributed by atoms with E-state index in [1.807, 2.05) is 51.7 Å². The normalized spacial score (nSPS) is 10.5. The van der Waals surface area contributed by atoms with Crippen LogP contribution in [0, 0.1) is 0 Å². The Hall–Kier alpha value is -2.63. The van der Waals surface area contributed by atoms with Crippen molar-refractivity contribution in [2.24, 2.45) is 0 Å². The van der Waals surface area contributed by atoms with E-state index in [4.69, 9.17) is 19.5 Å². The molecule has 0 bridgehead atoms. The van der Waals surface area contributed by atoms with Gasteiger partial charge >= 0.3 is 11.9 Å². The van der Waals surface area contributed by atoms with Crippen molar-refractivity contribution in [2.75, 3.05) is 20.9 Å². The van der Waals surface area contributed by atoms with Crippen molar-refractivity contribution < 1.29 is 33.8 Å². The van der Waals surface area contributed by atoms with Gasteiger partial charge in [0.25, 0.3) is 0 Å². The molecule has 184 valence electrons. The van der Waals surface area contributed by atoms with E-state index in [0.29, 0.717) is 19.3 Å². The molecule has 2 N–H and O–H groups in total. The number of hydrogen-bond acceptors (Lipinski definition) is 6. The predicted molar refractivity (Wildman–Crippen MR) is 132 cm³/mol.